The van der Waals surface area contributed by atoms with Gasteiger partial charge in [0.25, 0.3) is 0 Å². The van der Waals surface area contributed by atoms with E-state index in [1.165, 1.54) is 5.56 Å². The van der Waals surface area contributed by atoms with Crippen LogP contribution in [0, 0.1) is 6.92 Å². The Morgan fingerprint density at radius 3 is 2.38 bits per heavy atom. The van der Waals surface area contributed by atoms with Gasteiger partial charge >= 0.3 is 6.09 Å². The molecule has 0 spiro atoms. The number of likely N-dealkylation sites (tertiary alicyclic amines) is 1. The lowest BCUT2D eigenvalue weighted by Gasteiger charge is -2.43. The molecule has 2 rings (SSSR count). The molecule has 0 saturated carbocycles. The zero-order valence-electron chi connectivity index (χ0n) is 16.8. The highest BCUT2D eigenvalue weighted by Gasteiger charge is 2.40. The minimum Gasteiger partial charge on any atom is -0.444 e. The van der Waals surface area contributed by atoms with Gasteiger partial charge in [-0.1, -0.05) is 29.8 Å². The van der Waals surface area contributed by atoms with Gasteiger partial charge < -0.3 is 9.64 Å². The lowest BCUT2D eigenvalue weighted by atomic mass is 9.81. The van der Waals surface area contributed by atoms with Crippen LogP contribution in [-0.2, 0) is 21.3 Å². The van der Waals surface area contributed by atoms with E-state index in [4.69, 9.17) is 4.74 Å². The Morgan fingerprint density at radius 2 is 1.88 bits per heavy atom. The van der Waals surface area contributed by atoms with E-state index in [1.54, 1.807) is 4.90 Å². The van der Waals surface area contributed by atoms with Gasteiger partial charge in [-0.25, -0.2) is 13.7 Å². The number of nitrogens with zero attached hydrogens (tertiary/aromatic N) is 1. The van der Waals surface area contributed by atoms with Crippen LogP contribution in [0.25, 0.3) is 0 Å². The summed E-state index contributed by atoms with van der Waals surface area (Å²) in [6.45, 7) is 12.7. The molecule has 0 bridgehead atoms. The van der Waals surface area contributed by atoms with E-state index in [0.29, 0.717) is 25.9 Å². The minimum absolute atomic E-state index is 0.0283. The van der Waals surface area contributed by atoms with E-state index >= 15 is 0 Å². The molecule has 1 fully saturated rings. The summed E-state index contributed by atoms with van der Waals surface area (Å²) in [5, 5.41) is 0.0283. The quantitative estimate of drug-likeness (QED) is 0.862. The number of carbonyl (C=O) groups excluding carboxylic acids is 1. The molecule has 1 aromatic carbocycles. The van der Waals surface area contributed by atoms with Crippen LogP contribution < -0.4 is 4.72 Å². The maximum Gasteiger partial charge on any atom is 0.410 e. The molecule has 1 aliphatic rings. The van der Waals surface area contributed by atoms with Crippen molar-refractivity contribution in [1.82, 2.24) is 9.62 Å². The summed E-state index contributed by atoms with van der Waals surface area (Å²) in [5.41, 5.74) is 1.42. The Bertz CT molecular complexity index is 659. The molecule has 1 unspecified atom stereocenters. The van der Waals surface area contributed by atoms with Crippen molar-refractivity contribution in [1.29, 1.82) is 0 Å². The molecule has 1 aliphatic heterocycles. The fourth-order valence-corrected chi connectivity index (χ4v) is 4.04. The second-order valence-corrected chi connectivity index (χ2v) is 10.1. The molecule has 0 aliphatic carbocycles. The van der Waals surface area contributed by atoms with Crippen molar-refractivity contribution < 1.29 is 13.7 Å². The Balaban J connectivity index is 2.20. The number of amides is 1. The average molecular weight is 381 g/mol. The fraction of sp³-hybridized carbons (Fsp3) is 0.650. The second-order valence-electron chi connectivity index (χ2n) is 8.37. The van der Waals surface area contributed by atoms with Gasteiger partial charge in [0.15, 0.2) is 0 Å². The number of benzene rings is 1. The molecule has 26 heavy (non-hydrogen) atoms. The largest absolute Gasteiger partial charge is 0.444 e. The molecule has 1 amide bonds. The van der Waals surface area contributed by atoms with Crippen LogP contribution in [0.1, 0.15) is 58.6 Å². The van der Waals surface area contributed by atoms with Crippen LogP contribution >= 0.6 is 0 Å². The fourth-order valence-electron chi connectivity index (χ4n) is 3.10. The number of ether oxygens (including phenoxy) is 1. The van der Waals surface area contributed by atoms with Crippen molar-refractivity contribution in [2.75, 3.05) is 13.1 Å². The monoisotopic (exact) mass is 380 g/mol. The topological polar surface area (TPSA) is 58.6 Å². The maximum absolute atomic E-state index is 12.6. The van der Waals surface area contributed by atoms with Crippen molar-refractivity contribution >= 4 is 17.1 Å². The Hall–Kier alpha value is -1.40. The number of nitrogens with one attached hydrogen (secondary N) is 1. The summed E-state index contributed by atoms with van der Waals surface area (Å²) in [7, 11) is -1.14. The van der Waals surface area contributed by atoms with Crippen molar-refractivity contribution in [3.8, 4) is 0 Å². The van der Waals surface area contributed by atoms with Crippen LogP contribution in [0.4, 0.5) is 4.79 Å². The standard InChI is InChI=1S/C20H32N2O3S/c1-15(2)26(24)21-20(17-9-7-8-16(3)14-17)10-12-22(13-11-20)18(23)25-19(4,5)6/h7-9,14-15,21H,10-13H2,1-6H3. The van der Waals surface area contributed by atoms with E-state index in [9.17, 15) is 9.00 Å². The zero-order valence-corrected chi connectivity index (χ0v) is 17.6. The van der Waals surface area contributed by atoms with Gasteiger partial charge in [-0.2, -0.15) is 0 Å². The molecule has 0 aromatic heterocycles. The third kappa shape index (κ3) is 5.30. The van der Waals surface area contributed by atoms with Crippen molar-refractivity contribution in [3.05, 3.63) is 35.4 Å². The number of rotatable bonds is 4. The number of hydrogen-bond donors (Lipinski definition) is 1. The second kappa shape index (κ2) is 8.09. The van der Waals surface area contributed by atoms with E-state index in [1.807, 2.05) is 40.7 Å². The first-order valence-corrected chi connectivity index (χ1v) is 10.5. The van der Waals surface area contributed by atoms with Gasteiger partial charge in [-0.3, -0.25) is 0 Å². The number of piperidine rings is 1. The van der Waals surface area contributed by atoms with Crippen molar-refractivity contribution in [3.63, 3.8) is 0 Å². The van der Waals surface area contributed by atoms with Gasteiger partial charge in [-0.05, 0) is 59.9 Å². The number of aryl methyl sites for hydroxylation is 1. The Morgan fingerprint density at radius 1 is 1.27 bits per heavy atom. The molecule has 1 atom stereocenters. The summed E-state index contributed by atoms with van der Waals surface area (Å²) in [6.07, 6.45) is 1.13. The van der Waals surface area contributed by atoms with Crippen LogP contribution in [0.5, 0.6) is 0 Å². The first-order valence-electron chi connectivity index (χ1n) is 9.26. The van der Waals surface area contributed by atoms with Crippen LogP contribution in [0.2, 0.25) is 0 Å². The lowest BCUT2D eigenvalue weighted by Crippen LogP contribution is -2.54. The normalized spacial score (nSPS) is 18.7. The first-order chi connectivity index (χ1) is 12.0. The first kappa shape index (κ1) is 20.9. The molecule has 0 radical (unpaired) electrons. The Labute approximate surface area is 160 Å². The maximum atomic E-state index is 12.6. The van der Waals surface area contributed by atoms with Crippen molar-refractivity contribution in [2.45, 2.75) is 70.8 Å². The summed E-state index contributed by atoms with van der Waals surface area (Å²) >= 11 is 0. The van der Waals surface area contributed by atoms with Gasteiger partial charge in [0.1, 0.15) is 5.60 Å². The van der Waals surface area contributed by atoms with E-state index < -0.39 is 16.6 Å². The zero-order chi connectivity index (χ0) is 19.5. The summed E-state index contributed by atoms with van der Waals surface area (Å²) < 4.78 is 21.4. The molecule has 6 heteroatoms. The Kier molecular flexibility index (Phi) is 6.51. The summed E-state index contributed by atoms with van der Waals surface area (Å²) in [5.74, 6) is 0. The third-order valence-corrected chi connectivity index (χ3v) is 6.01. The smallest absolute Gasteiger partial charge is 0.410 e. The lowest BCUT2D eigenvalue weighted by molar-refractivity contribution is 0.0158. The van der Waals surface area contributed by atoms with Crippen LogP contribution in [-0.4, -0.2) is 39.1 Å². The van der Waals surface area contributed by atoms with Crippen LogP contribution in [0.15, 0.2) is 24.3 Å². The van der Waals surface area contributed by atoms with E-state index in [2.05, 4.69) is 29.8 Å². The molecular formula is C20H32N2O3S. The third-order valence-electron chi connectivity index (χ3n) is 4.56. The van der Waals surface area contributed by atoms with E-state index in [-0.39, 0.29) is 16.9 Å². The highest BCUT2D eigenvalue weighted by molar-refractivity contribution is 7.83. The van der Waals surface area contributed by atoms with Crippen molar-refractivity contribution in [2.24, 2.45) is 0 Å². The molecule has 1 N–H and O–H groups in total. The summed E-state index contributed by atoms with van der Waals surface area (Å²) in [4.78, 5) is 14.1. The highest BCUT2D eigenvalue weighted by atomic mass is 32.2. The molecular weight excluding hydrogens is 348 g/mol. The SMILES string of the molecule is Cc1cccc(C2(NS(=O)C(C)C)CCN(C(=O)OC(C)(C)C)CC2)c1. The van der Waals surface area contributed by atoms with Gasteiger partial charge in [0.2, 0.25) is 0 Å². The minimum atomic E-state index is -1.14. The molecule has 1 heterocycles. The average Bonchev–Trinajstić information content (AvgIpc) is 2.53. The van der Waals surface area contributed by atoms with Gasteiger partial charge in [-0.15, -0.1) is 0 Å². The molecule has 5 nitrogen and oxygen atoms in total. The number of carbonyl (C=O) groups is 1. The molecule has 1 saturated heterocycles. The molecule has 146 valence electrons. The number of hydrogen-bond acceptors (Lipinski definition) is 3. The summed E-state index contributed by atoms with van der Waals surface area (Å²) in [6, 6.07) is 8.33. The van der Waals surface area contributed by atoms with E-state index in [0.717, 1.165) is 5.56 Å². The van der Waals surface area contributed by atoms with Gasteiger partial charge in [0.05, 0.1) is 16.5 Å². The molecule has 1 aromatic rings. The predicted octanol–water partition coefficient (Wildman–Crippen LogP) is 3.88. The predicted molar refractivity (Wildman–Crippen MR) is 106 cm³/mol. The van der Waals surface area contributed by atoms with Crippen LogP contribution in [0.3, 0.4) is 0 Å². The highest BCUT2D eigenvalue weighted by Crippen LogP contribution is 2.34. The van der Waals surface area contributed by atoms with Gasteiger partial charge in [0, 0.05) is 18.3 Å².